The van der Waals surface area contributed by atoms with Gasteiger partial charge in [-0.15, -0.1) is 0 Å². The van der Waals surface area contributed by atoms with Gasteiger partial charge in [-0.1, -0.05) is 43.2 Å². The van der Waals surface area contributed by atoms with Gasteiger partial charge >= 0.3 is 6.03 Å². The Balaban J connectivity index is 1.86. The number of hydrogen-bond donors (Lipinski definition) is 1. The molecule has 1 atom stereocenters. The number of hydrogen-bond acceptors (Lipinski definition) is 3. The van der Waals surface area contributed by atoms with Crippen molar-refractivity contribution in [3.63, 3.8) is 0 Å². The van der Waals surface area contributed by atoms with Crippen LogP contribution in [0.5, 0.6) is 0 Å². The second kappa shape index (κ2) is 6.79. The lowest BCUT2D eigenvalue weighted by molar-refractivity contribution is -0.133. The van der Waals surface area contributed by atoms with Gasteiger partial charge in [0.2, 0.25) is 0 Å². The fourth-order valence-corrected chi connectivity index (χ4v) is 4.35. The highest BCUT2D eigenvalue weighted by Crippen LogP contribution is 2.37. The molecule has 0 aromatic heterocycles. The van der Waals surface area contributed by atoms with E-state index >= 15 is 0 Å². The van der Waals surface area contributed by atoms with Crippen LogP contribution in [0.25, 0.3) is 0 Å². The summed E-state index contributed by atoms with van der Waals surface area (Å²) in [4.78, 5) is 29.4. The Labute approximate surface area is 149 Å². The van der Waals surface area contributed by atoms with Crippen LogP contribution in [0, 0.1) is 0 Å². The lowest BCUT2D eigenvalue weighted by Gasteiger charge is -2.33. The number of nitrogens with zero attached hydrogens (tertiary/aromatic N) is 2. The maximum atomic E-state index is 13.1. The average molecular weight is 346 g/mol. The number of imide groups is 1. The van der Waals surface area contributed by atoms with Crippen molar-refractivity contribution >= 4 is 24.6 Å². The van der Waals surface area contributed by atoms with Crippen LogP contribution in [-0.4, -0.2) is 45.1 Å². The lowest BCUT2D eigenvalue weighted by atomic mass is 10.00. The van der Waals surface area contributed by atoms with Gasteiger partial charge in [-0.2, -0.15) is 12.6 Å². The molecule has 5 heteroatoms. The summed E-state index contributed by atoms with van der Waals surface area (Å²) in [6, 6.07) is 9.84. The summed E-state index contributed by atoms with van der Waals surface area (Å²) in [5.74, 6) is 0.385. The molecule has 1 unspecified atom stereocenters. The molecular formula is C19H26N2O2S. The van der Waals surface area contributed by atoms with Gasteiger partial charge in [0.1, 0.15) is 5.54 Å². The van der Waals surface area contributed by atoms with Gasteiger partial charge in [0, 0.05) is 11.8 Å². The van der Waals surface area contributed by atoms with Crippen LogP contribution < -0.4 is 0 Å². The third-order valence-electron chi connectivity index (χ3n) is 5.34. The van der Waals surface area contributed by atoms with Crippen LogP contribution in [0.1, 0.15) is 45.1 Å². The monoisotopic (exact) mass is 346 g/mol. The normalized spacial score (nSPS) is 22.5. The molecule has 1 saturated heterocycles. The predicted octanol–water partition coefficient (Wildman–Crippen LogP) is 3.51. The molecule has 24 heavy (non-hydrogen) atoms. The van der Waals surface area contributed by atoms with E-state index in [1.165, 1.54) is 4.90 Å². The topological polar surface area (TPSA) is 40.6 Å². The van der Waals surface area contributed by atoms with Crippen LogP contribution in [0.15, 0.2) is 30.3 Å². The van der Waals surface area contributed by atoms with Gasteiger partial charge in [-0.3, -0.25) is 9.69 Å². The standard InChI is InChI=1S/C19H26N2O2S/c1-19(2)17(22)20(18(23)21(19)15-10-6-7-11-15)16(13-24)12-14-8-4-3-5-9-14/h3-5,8-9,15-16,24H,6-7,10-13H2,1-2H3. The van der Waals surface area contributed by atoms with Crippen molar-refractivity contribution in [2.24, 2.45) is 0 Å². The number of urea groups is 1. The average Bonchev–Trinajstić information content (AvgIpc) is 3.13. The van der Waals surface area contributed by atoms with Gasteiger partial charge in [-0.05, 0) is 38.7 Å². The number of rotatable bonds is 5. The molecule has 3 rings (SSSR count). The first-order chi connectivity index (χ1) is 11.5. The van der Waals surface area contributed by atoms with Gasteiger partial charge < -0.3 is 4.90 Å². The molecule has 1 aromatic carbocycles. The van der Waals surface area contributed by atoms with Gasteiger partial charge in [0.05, 0.1) is 6.04 Å². The lowest BCUT2D eigenvalue weighted by Crippen LogP contribution is -2.49. The quantitative estimate of drug-likeness (QED) is 0.655. The van der Waals surface area contributed by atoms with Crippen molar-refractivity contribution in [2.45, 2.75) is 63.6 Å². The van der Waals surface area contributed by atoms with Crippen LogP contribution in [0.3, 0.4) is 0 Å². The predicted molar refractivity (Wildman–Crippen MR) is 98.2 cm³/mol. The van der Waals surface area contributed by atoms with E-state index in [-0.39, 0.29) is 24.0 Å². The van der Waals surface area contributed by atoms with Crippen molar-refractivity contribution in [1.29, 1.82) is 0 Å². The van der Waals surface area contributed by atoms with Crippen LogP contribution in [0.4, 0.5) is 4.79 Å². The van der Waals surface area contributed by atoms with E-state index in [1.54, 1.807) is 0 Å². The zero-order valence-electron chi connectivity index (χ0n) is 14.4. The van der Waals surface area contributed by atoms with Gasteiger partial charge in [-0.25, -0.2) is 4.79 Å². The molecule has 0 bridgehead atoms. The summed E-state index contributed by atoms with van der Waals surface area (Å²) in [6.07, 6.45) is 4.93. The number of amides is 3. The molecule has 3 amide bonds. The van der Waals surface area contributed by atoms with E-state index < -0.39 is 5.54 Å². The van der Waals surface area contributed by atoms with E-state index in [0.717, 1.165) is 31.2 Å². The smallest absolute Gasteiger partial charge is 0.307 e. The Kier molecular flexibility index (Phi) is 4.90. The van der Waals surface area contributed by atoms with Crippen LogP contribution in [-0.2, 0) is 11.2 Å². The second-order valence-electron chi connectivity index (χ2n) is 7.35. The molecule has 0 spiro atoms. The number of carbonyl (C=O) groups excluding carboxylic acids is 2. The Bertz CT molecular complexity index is 611. The molecule has 4 nitrogen and oxygen atoms in total. The molecule has 1 aliphatic carbocycles. The minimum Gasteiger partial charge on any atom is -0.307 e. The van der Waals surface area contributed by atoms with E-state index in [2.05, 4.69) is 12.6 Å². The summed E-state index contributed by atoms with van der Waals surface area (Å²) >= 11 is 4.43. The highest BCUT2D eigenvalue weighted by Gasteiger charge is 2.55. The Morgan fingerprint density at radius 2 is 1.79 bits per heavy atom. The van der Waals surface area contributed by atoms with Gasteiger partial charge in [0.15, 0.2) is 0 Å². The molecule has 0 N–H and O–H groups in total. The molecule has 2 aliphatic rings. The largest absolute Gasteiger partial charge is 0.328 e. The molecule has 130 valence electrons. The van der Waals surface area contributed by atoms with Crippen molar-refractivity contribution in [3.05, 3.63) is 35.9 Å². The van der Waals surface area contributed by atoms with Crippen molar-refractivity contribution in [3.8, 4) is 0 Å². The third kappa shape index (κ3) is 2.94. The zero-order valence-corrected chi connectivity index (χ0v) is 15.3. The van der Waals surface area contributed by atoms with Crippen molar-refractivity contribution in [1.82, 2.24) is 9.80 Å². The first kappa shape index (κ1) is 17.3. The molecule has 1 saturated carbocycles. The minimum atomic E-state index is -0.760. The van der Waals surface area contributed by atoms with E-state index in [4.69, 9.17) is 0 Å². The first-order valence-corrected chi connectivity index (χ1v) is 9.41. The highest BCUT2D eigenvalue weighted by atomic mass is 32.1. The SMILES string of the molecule is CC1(C)C(=O)N(C(CS)Cc2ccccc2)C(=O)N1C1CCCC1. The Morgan fingerprint density at radius 1 is 1.17 bits per heavy atom. The molecule has 1 aromatic rings. The fourth-order valence-electron chi connectivity index (χ4n) is 4.06. The van der Waals surface area contributed by atoms with E-state index in [1.807, 2.05) is 49.1 Å². The zero-order chi connectivity index (χ0) is 17.3. The molecule has 0 radical (unpaired) electrons. The summed E-state index contributed by atoms with van der Waals surface area (Å²) < 4.78 is 0. The molecule has 2 fully saturated rings. The first-order valence-electron chi connectivity index (χ1n) is 8.78. The summed E-state index contributed by atoms with van der Waals surface area (Å²) in [5, 5.41) is 0. The van der Waals surface area contributed by atoms with Crippen molar-refractivity contribution < 1.29 is 9.59 Å². The third-order valence-corrected chi connectivity index (χ3v) is 5.76. The summed E-state index contributed by atoms with van der Waals surface area (Å²) in [6.45, 7) is 3.76. The maximum Gasteiger partial charge on any atom is 0.328 e. The fraction of sp³-hybridized carbons (Fsp3) is 0.579. The summed E-state index contributed by atoms with van der Waals surface area (Å²) in [5.41, 5.74) is 0.360. The number of benzene rings is 1. The van der Waals surface area contributed by atoms with Crippen molar-refractivity contribution in [2.75, 3.05) is 5.75 Å². The molecular weight excluding hydrogens is 320 g/mol. The van der Waals surface area contributed by atoms with E-state index in [0.29, 0.717) is 12.2 Å². The highest BCUT2D eigenvalue weighted by molar-refractivity contribution is 7.80. The second-order valence-corrected chi connectivity index (χ2v) is 7.72. The minimum absolute atomic E-state index is 0.0885. The molecule has 1 aliphatic heterocycles. The van der Waals surface area contributed by atoms with Crippen LogP contribution >= 0.6 is 12.6 Å². The Hall–Kier alpha value is -1.49. The van der Waals surface area contributed by atoms with Crippen LogP contribution in [0.2, 0.25) is 0 Å². The number of thiol groups is 1. The van der Waals surface area contributed by atoms with Gasteiger partial charge in [0.25, 0.3) is 5.91 Å². The molecule has 1 heterocycles. The van der Waals surface area contributed by atoms with E-state index in [9.17, 15) is 9.59 Å². The number of carbonyl (C=O) groups is 2. The maximum absolute atomic E-state index is 13.1. The Morgan fingerprint density at radius 3 is 2.38 bits per heavy atom. The summed E-state index contributed by atoms with van der Waals surface area (Å²) in [7, 11) is 0.